The van der Waals surface area contributed by atoms with E-state index < -0.39 is 23.8 Å². The highest BCUT2D eigenvalue weighted by Crippen LogP contribution is 2.04. The van der Waals surface area contributed by atoms with Crippen LogP contribution in [0.2, 0.25) is 0 Å². The Morgan fingerprint density at radius 3 is 2.40 bits per heavy atom. The third-order valence-corrected chi connectivity index (χ3v) is 1.46. The van der Waals surface area contributed by atoms with E-state index >= 15 is 0 Å². The fourth-order valence-electron chi connectivity index (χ4n) is 0.759. The standard InChI is InChI=1S/C8H12N2O5/c1-5(11)10-9-4-6(8(14)15)2-3-7(12)13/h4,6H,2-3H2,1H3,(H,10,11)(H,12,13)(H,14,15)/b9-4+/t6-/m0/s1. The quantitative estimate of drug-likeness (QED) is 0.415. The topological polar surface area (TPSA) is 116 Å². The molecule has 0 aromatic rings. The van der Waals surface area contributed by atoms with Crippen LogP contribution in [-0.2, 0) is 14.4 Å². The second-order valence-corrected chi connectivity index (χ2v) is 2.82. The molecule has 0 fully saturated rings. The molecule has 84 valence electrons. The van der Waals surface area contributed by atoms with Crippen LogP contribution in [0.3, 0.4) is 0 Å². The van der Waals surface area contributed by atoms with E-state index in [4.69, 9.17) is 10.2 Å². The van der Waals surface area contributed by atoms with E-state index in [9.17, 15) is 14.4 Å². The maximum atomic E-state index is 10.6. The summed E-state index contributed by atoms with van der Waals surface area (Å²) in [7, 11) is 0. The fourth-order valence-corrected chi connectivity index (χ4v) is 0.759. The zero-order chi connectivity index (χ0) is 11.8. The molecule has 0 aliphatic rings. The first-order valence-electron chi connectivity index (χ1n) is 4.18. The van der Waals surface area contributed by atoms with Crippen LogP contribution in [0.1, 0.15) is 19.8 Å². The minimum atomic E-state index is -1.18. The number of nitrogens with one attached hydrogen (secondary N) is 1. The molecule has 0 aliphatic carbocycles. The number of rotatable bonds is 6. The van der Waals surface area contributed by atoms with Crippen LogP contribution in [0.15, 0.2) is 5.10 Å². The Bertz CT molecular complexity index is 287. The van der Waals surface area contributed by atoms with E-state index in [0.29, 0.717) is 0 Å². The van der Waals surface area contributed by atoms with E-state index in [0.717, 1.165) is 6.21 Å². The predicted octanol–water partition coefficient (Wildman–Crippen LogP) is -0.326. The monoisotopic (exact) mass is 216 g/mol. The van der Waals surface area contributed by atoms with E-state index in [2.05, 4.69) is 5.10 Å². The molecule has 0 aliphatic heterocycles. The van der Waals surface area contributed by atoms with Crippen LogP contribution in [0.5, 0.6) is 0 Å². The molecule has 0 aromatic heterocycles. The normalized spacial score (nSPS) is 12.3. The number of amides is 1. The first-order chi connectivity index (χ1) is 6.93. The van der Waals surface area contributed by atoms with E-state index in [-0.39, 0.29) is 12.8 Å². The maximum Gasteiger partial charge on any atom is 0.312 e. The van der Waals surface area contributed by atoms with E-state index in [1.807, 2.05) is 5.43 Å². The summed E-state index contributed by atoms with van der Waals surface area (Å²) in [6, 6.07) is 0. The Morgan fingerprint density at radius 1 is 1.40 bits per heavy atom. The molecule has 0 bridgehead atoms. The first kappa shape index (κ1) is 13.1. The minimum Gasteiger partial charge on any atom is -0.481 e. The fraction of sp³-hybridized carbons (Fsp3) is 0.500. The van der Waals surface area contributed by atoms with Crippen molar-refractivity contribution in [3.63, 3.8) is 0 Å². The largest absolute Gasteiger partial charge is 0.481 e. The summed E-state index contributed by atoms with van der Waals surface area (Å²) in [6.07, 6.45) is 0.684. The first-order valence-corrected chi connectivity index (χ1v) is 4.18. The van der Waals surface area contributed by atoms with Gasteiger partial charge in [-0.1, -0.05) is 0 Å². The zero-order valence-electron chi connectivity index (χ0n) is 8.14. The molecule has 7 nitrogen and oxygen atoms in total. The van der Waals surface area contributed by atoms with Gasteiger partial charge in [0.15, 0.2) is 0 Å². The van der Waals surface area contributed by atoms with E-state index in [1.54, 1.807) is 0 Å². The van der Waals surface area contributed by atoms with Crippen LogP contribution in [0, 0.1) is 5.92 Å². The smallest absolute Gasteiger partial charge is 0.312 e. The lowest BCUT2D eigenvalue weighted by atomic mass is 10.1. The Kier molecular flexibility index (Phi) is 5.69. The molecule has 0 aromatic carbocycles. The number of hydrogen-bond donors (Lipinski definition) is 3. The molecule has 0 saturated heterocycles. The van der Waals surface area contributed by atoms with Gasteiger partial charge in [-0.25, -0.2) is 5.43 Å². The molecule has 0 radical (unpaired) electrons. The summed E-state index contributed by atoms with van der Waals surface area (Å²) in [6.45, 7) is 1.23. The molecule has 0 unspecified atom stereocenters. The van der Waals surface area contributed by atoms with Gasteiger partial charge in [0.1, 0.15) is 0 Å². The van der Waals surface area contributed by atoms with Crippen molar-refractivity contribution in [1.82, 2.24) is 5.43 Å². The lowest BCUT2D eigenvalue weighted by Gasteiger charge is -2.03. The van der Waals surface area contributed by atoms with Crippen LogP contribution in [-0.4, -0.2) is 34.3 Å². The molecule has 7 heteroatoms. The molecular formula is C8H12N2O5. The molecule has 0 saturated carbocycles. The molecule has 0 heterocycles. The predicted molar refractivity (Wildman–Crippen MR) is 50.3 cm³/mol. The summed E-state index contributed by atoms with van der Waals surface area (Å²) in [4.78, 5) is 31.2. The van der Waals surface area contributed by atoms with Crippen LogP contribution in [0.25, 0.3) is 0 Å². The van der Waals surface area contributed by atoms with Crippen LogP contribution < -0.4 is 5.43 Å². The Labute approximate surface area is 85.8 Å². The van der Waals surface area contributed by atoms with Crippen molar-refractivity contribution in [3.8, 4) is 0 Å². The van der Waals surface area contributed by atoms with Crippen molar-refractivity contribution in [2.24, 2.45) is 11.0 Å². The van der Waals surface area contributed by atoms with Gasteiger partial charge in [-0.3, -0.25) is 14.4 Å². The summed E-state index contributed by atoms with van der Waals surface area (Å²) in [5.41, 5.74) is 2.04. The third-order valence-electron chi connectivity index (χ3n) is 1.46. The number of aliphatic carboxylic acids is 2. The summed E-state index contributed by atoms with van der Waals surface area (Å²) in [5, 5.41) is 20.4. The second kappa shape index (κ2) is 6.52. The average molecular weight is 216 g/mol. The Balaban J connectivity index is 4.15. The van der Waals surface area contributed by atoms with E-state index in [1.165, 1.54) is 6.92 Å². The highest BCUT2D eigenvalue weighted by atomic mass is 16.4. The molecule has 15 heavy (non-hydrogen) atoms. The number of hydrogen-bond acceptors (Lipinski definition) is 4. The molecular weight excluding hydrogens is 204 g/mol. The van der Waals surface area contributed by atoms with Gasteiger partial charge in [-0.15, -0.1) is 0 Å². The van der Waals surface area contributed by atoms with Crippen molar-refractivity contribution >= 4 is 24.1 Å². The highest BCUT2D eigenvalue weighted by Gasteiger charge is 2.16. The highest BCUT2D eigenvalue weighted by molar-refractivity contribution is 5.89. The van der Waals surface area contributed by atoms with Crippen molar-refractivity contribution in [2.75, 3.05) is 0 Å². The van der Waals surface area contributed by atoms with Gasteiger partial charge in [0.05, 0.1) is 5.92 Å². The van der Waals surface area contributed by atoms with Gasteiger partial charge in [0.25, 0.3) is 0 Å². The van der Waals surface area contributed by atoms with Crippen molar-refractivity contribution < 1.29 is 24.6 Å². The number of carboxylic acid groups (broad SMARTS) is 2. The van der Waals surface area contributed by atoms with Gasteiger partial charge in [-0.2, -0.15) is 5.10 Å². The van der Waals surface area contributed by atoms with Gasteiger partial charge in [0, 0.05) is 19.6 Å². The average Bonchev–Trinajstić information content (AvgIpc) is 2.09. The van der Waals surface area contributed by atoms with Crippen LogP contribution in [0.4, 0.5) is 0 Å². The number of carbonyl (C=O) groups excluding carboxylic acids is 1. The van der Waals surface area contributed by atoms with Gasteiger partial charge < -0.3 is 10.2 Å². The number of carboxylic acids is 2. The van der Waals surface area contributed by atoms with Gasteiger partial charge in [-0.05, 0) is 6.42 Å². The number of nitrogens with zero attached hydrogens (tertiary/aromatic N) is 1. The summed E-state index contributed by atoms with van der Waals surface area (Å²) >= 11 is 0. The molecule has 1 amide bonds. The number of hydrazone groups is 1. The van der Waals surface area contributed by atoms with Crippen molar-refractivity contribution in [1.29, 1.82) is 0 Å². The number of carbonyl (C=O) groups is 3. The van der Waals surface area contributed by atoms with Crippen molar-refractivity contribution in [2.45, 2.75) is 19.8 Å². The molecule has 1 atom stereocenters. The Hall–Kier alpha value is -1.92. The Morgan fingerprint density at radius 2 is 2.00 bits per heavy atom. The van der Waals surface area contributed by atoms with Gasteiger partial charge >= 0.3 is 11.9 Å². The summed E-state index contributed by atoms with van der Waals surface area (Å²) in [5.74, 6) is -3.68. The van der Waals surface area contributed by atoms with Gasteiger partial charge in [0.2, 0.25) is 5.91 Å². The molecule has 0 rings (SSSR count). The third kappa shape index (κ3) is 7.17. The molecule has 3 N–H and O–H groups in total. The molecule has 0 spiro atoms. The minimum absolute atomic E-state index is 0.0618. The summed E-state index contributed by atoms with van der Waals surface area (Å²) < 4.78 is 0. The lowest BCUT2D eigenvalue weighted by molar-refractivity contribution is -0.140. The van der Waals surface area contributed by atoms with Crippen molar-refractivity contribution in [3.05, 3.63) is 0 Å². The van der Waals surface area contributed by atoms with Crippen LogP contribution >= 0.6 is 0 Å². The zero-order valence-corrected chi connectivity index (χ0v) is 8.14. The maximum absolute atomic E-state index is 10.6. The lowest BCUT2D eigenvalue weighted by Crippen LogP contribution is -2.20. The SMILES string of the molecule is CC(=O)N/N=C/[C@H](CCC(=O)O)C(=O)O. The second-order valence-electron chi connectivity index (χ2n) is 2.82.